The molecule has 0 bridgehead atoms. The van der Waals surface area contributed by atoms with Crippen molar-refractivity contribution in [1.82, 2.24) is 9.29 Å². The van der Waals surface area contributed by atoms with Gasteiger partial charge in [0.25, 0.3) is 10.2 Å². The quantitative estimate of drug-likeness (QED) is 0.820. The van der Waals surface area contributed by atoms with E-state index in [4.69, 9.17) is 9.56 Å². The number of nitrogens with two attached hydrogens (primary N) is 1. The lowest BCUT2D eigenvalue weighted by atomic mass is 9.82. The minimum absolute atomic E-state index is 0.219. The molecule has 0 spiro atoms. The average Bonchev–Trinajstić information content (AvgIpc) is 2.95. The average molecular weight is 368 g/mol. The molecule has 1 aliphatic carbocycles. The molecular weight excluding hydrogens is 347 g/mol. The maximum absolute atomic E-state index is 13.1. The van der Waals surface area contributed by atoms with Gasteiger partial charge in [-0.25, -0.2) is 14.5 Å². The van der Waals surface area contributed by atoms with Gasteiger partial charge in [-0.3, -0.25) is 0 Å². The number of nitrogens with zero attached hydrogens (tertiary/aromatic N) is 3. The highest BCUT2D eigenvalue weighted by molar-refractivity contribution is 7.86. The summed E-state index contributed by atoms with van der Waals surface area (Å²) < 4.78 is 42.3. The van der Waals surface area contributed by atoms with E-state index in [0.717, 1.165) is 25.7 Å². The maximum Gasteiger partial charge on any atom is 0.322 e. The number of halogens is 1. The number of oxazole rings is 1. The monoisotopic (exact) mass is 368 g/mol. The molecule has 136 valence electrons. The highest BCUT2D eigenvalue weighted by Crippen LogP contribution is 2.29. The van der Waals surface area contributed by atoms with Crippen molar-refractivity contribution in [2.45, 2.75) is 25.7 Å². The molecule has 2 aromatic rings. The third kappa shape index (κ3) is 4.62. The second-order valence-electron chi connectivity index (χ2n) is 6.49. The SMILES string of the molecule is CN(CC1CCC(/C=N/c2nc3ccc(F)cc3o2)CC1)S(N)(=O)=O. The second kappa shape index (κ2) is 7.19. The molecule has 1 aromatic carbocycles. The number of hydrogen-bond acceptors (Lipinski definition) is 5. The molecule has 25 heavy (non-hydrogen) atoms. The summed E-state index contributed by atoms with van der Waals surface area (Å²) in [5, 5.41) is 5.11. The van der Waals surface area contributed by atoms with Crippen LogP contribution in [0.1, 0.15) is 25.7 Å². The summed E-state index contributed by atoms with van der Waals surface area (Å²) in [6.45, 7) is 0.444. The van der Waals surface area contributed by atoms with E-state index in [2.05, 4.69) is 9.98 Å². The first-order valence-electron chi connectivity index (χ1n) is 8.15. The van der Waals surface area contributed by atoms with E-state index in [1.807, 2.05) is 6.21 Å². The molecule has 7 nitrogen and oxygen atoms in total. The fourth-order valence-corrected chi connectivity index (χ4v) is 3.52. The standard InChI is InChI=1S/C16H21FN4O3S/c1-21(25(18,22)23)10-12-4-2-11(3-5-12)9-19-16-20-14-7-6-13(17)8-15(14)24-16/h6-9,11-12H,2-5,10H2,1H3,(H2,18,22,23)/b19-9+. The van der Waals surface area contributed by atoms with Crippen LogP contribution in [0.15, 0.2) is 27.6 Å². The summed E-state index contributed by atoms with van der Waals surface area (Å²) >= 11 is 0. The molecular formula is C16H21FN4O3S. The Hall–Kier alpha value is -1.84. The van der Waals surface area contributed by atoms with Gasteiger partial charge in [0.1, 0.15) is 11.3 Å². The molecule has 1 saturated carbocycles. The Balaban J connectivity index is 1.55. The first-order valence-corrected chi connectivity index (χ1v) is 9.66. The third-order valence-electron chi connectivity index (χ3n) is 4.58. The predicted octanol–water partition coefficient (Wildman–Crippen LogP) is 2.61. The maximum atomic E-state index is 13.1. The fraction of sp³-hybridized carbons (Fsp3) is 0.500. The van der Waals surface area contributed by atoms with E-state index in [0.29, 0.717) is 29.5 Å². The van der Waals surface area contributed by atoms with Crippen molar-refractivity contribution in [1.29, 1.82) is 0 Å². The molecule has 0 atom stereocenters. The first kappa shape index (κ1) is 18.0. The van der Waals surface area contributed by atoms with E-state index in [9.17, 15) is 12.8 Å². The van der Waals surface area contributed by atoms with Crippen molar-refractivity contribution in [2.24, 2.45) is 22.0 Å². The molecule has 0 aliphatic heterocycles. The van der Waals surface area contributed by atoms with Crippen LogP contribution in [-0.4, -0.2) is 37.5 Å². The first-order chi connectivity index (χ1) is 11.8. The molecule has 1 aromatic heterocycles. The van der Waals surface area contributed by atoms with Crippen molar-refractivity contribution >= 4 is 33.5 Å². The molecule has 0 amide bonds. The van der Waals surface area contributed by atoms with Crippen molar-refractivity contribution in [3.63, 3.8) is 0 Å². The van der Waals surface area contributed by atoms with E-state index in [1.54, 1.807) is 6.07 Å². The van der Waals surface area contributed by atoms with Gasteiger partial charge in [-0.1, -0.05) is 0 Å². The lowest BCUT2D eigenvalue weighted by molar-refractivity contribution is 0.279. The van der Waals surface area contributed by atoms with Gasteiger partial charge in [0.05, 0.1) is 0 Å². The molecule has 3 rings (SSSR count). The summed E-state index contributed by atoms with van der Waals surface area (Å²) in [6.07, 6.45) is 5.48. The van der Waals surface area contributed by atoms with Gasteiger partial charge in [-0.15, -0.1) is 0 Å². The van der Waals surface area contributed by atoms with E-state index >= 15 is 0 Å². The molecule has 1 fully saturated rings. The largest absolute Gasteiger partial charge is 0.422 e. The lowest BCUT2D eigenvalue weighted by Crippen LogP contribution is -2.37. The Morgan fingerprint density at radius 3 is 2.80 bits per heavy atom. The van der Waals surface area contributed by atoms with Crippen molar-refractivity contribution in [2.75, 3.05) is 13.6 Å². The summed E-state index contributed by atoms with van der Waals surface area (Å²) in [5.74, 6) is 0.227. The molecule has 1 heterocycles. The van der Waals surface area contributed by atoms with Crippen LogP contribution < -0.4 is 5.14 Å². The van der Waals surface area contributed by atoms with E-state index < -0.39 is 10.2 Å². The van der Waals surface area contributed by atoms with Crippen LogP contribution in [0.2, 0.25) is 0 Å². The molecule has 0 radical (unpaired) electrons. The van der Waals surface area contributed by atoms with Gasteiger partial charge in [-0.2, -0.15) is 17.7 Å². The highest BCUT2D eigenvalue weighted by atomic mass is 32.2. The van der Waals surface area contributed by atoms with Gasteiger partial charge in [0, 0.05) is 25.9 Å². The molecule has 1 aliphatic rings. The Morgan fingerprint density at radius 2 is 2.12 bits per heavy atom. The van der Waals surface area contributed by atoms with E-state index in [1.165, 1.54) is 23.5 Å². The number of aliphatic imine (C=N–C) groups is 1. The number of rotatable bonds is 5. The summed E-state index contributed by atoms with van der Waals surface area (Å²) in [7, 11) is -2.12. The van der Waals surface area contributed by atoms with Crippen LogP contribution >= 0.6 is 0 Å². The zero-order valence-corrected chi connectivity index (χ0v) is 14.7. The van der Waals surface area contributed by atoms with Gasteiger partial charge >= 0.3 is 6.01 Å². The second-order valence-corrected chi connectivity index (χ2v) is 8.15. The van der Waals surface area contributed by atoms with Crippen molar-refractivity contribution < 1.29 is 17.2 Å². The van der Waals surface area contributed by atoms with Crippen LogP contribution in [0.25, 0.3) is 11.1 Å². The third-order valence-corrected chi connectivity index (χ3v) is 5.59. The Labute approximate surface area is 145 Å². The molecule has 2 N–H and O–H groups in total. The highest BCUT2D eigenvalue weighted by Gasteiger charge is 2.24. The predicted molar refractivity (Wildman–Crippen MR) is 93.3 cm³/mol. The molecule has 0 saturated heterocycles. The van der Waals surface area contributed by atoms with Crippen LogP contribution in [0.3, 0.4) is 0 Å². The van der Waals surface area contributed by atoms with Crippen molar-refractivity contribution in [3.05, 3.63) is 24.0 Å². The van der Waals surface area contributed by atoms with E-state index in [-0.39, 0.29) is 11.8 Å². The zero-order valence-electron chi connectivity index (χ0n) is 13.9. The summed E-state index contributed by atoms with van der Waals surface area (Å²) in [5.41, 5.74) is 0.949. The van der Waals surface area contributed by atoms with Gasteiger partial charge in [0.2, 0.25) is 0 Å². The summed E-state index contributed by atoms with van der Waals surface area (Å²) in [4.78, 5) is 8.47. The number of fused-ring (bicyclic) bond motifs is 1. The lowest BCUT2D eigenvalue weighted by Gasteiger charge is -2.28. The van der Waals surface area contributed by atoms with Crippen LogP contribution in [-0.2, 0) is 10.2 Å². The van der Waals surface area contributed by atoms with Crippen LogP contribution in [0.4, 0.5) is 10.4 Å². The Bertz CT molecular complexity index is 873. The summed E-state index contributed by atoms with van der Waals surface area (Å²) in [6, 6.07) is 4.39. The number of benzene rings is 1. The van der Waals surface area contributed by atoms with Gasteiger partial charge in [0.15, 0.2) is 5.58 Å². The minimum Gasteiger partial charge on any atom is -0.422 e. The van der Waals surface area contributed by atoms with Crippen molar-refractivity contribution in [3.8, 4) is 0 Å². The molecule has 0 unspecified atom stereocenters. The van der Waals surface area contributed by atoms with Gasteiger partial charge in [-0.05, 0) is 49.7 Å². The number of aromatic nitrogens is 1. The molecule has 9 heteroatoms. The van der Waals surface area contributed by atoms with Gasteiger partial charge < -0.3 is 4.42 Å². The van der Waals surface area contributed by atoms with Crippen LogP contribution in [0, 0.1) is 17.7 Å². The topological polar surface area (TPSA) is 102 Å². The zero-order chi connectivity index (χ0) is 18.0. The number of hydrogen-bond donors (Lipinski definition) is 1. The Morgan fingerprint density at radius 1 is 1.40 bits per heavy atom. The Kier molecular flexibility index (Phi) is 5.16. The van der Waals surface area contributed by atoms with Crippen LogP contribution in [0.5, 0.6) is 0 Å². The normalized spacial score (nSPS) is 22.2. The smallest absolute Gasteiger partial charge is 0.322 e. The fourth-order valence-electron chi connectivity index (χ4n) is 3.10. The minimum atomic E-state index is -3.62.